The second kappa shape index (κ2) is 9.43. The number of nitrogens with one attached hydrogen (secondary N) is 2. The van der Waals surface area contributed by atoms with Gasteiger partial charge in [0.25, 0.3) is 0 Å². The van der Waals surface area contributed by atoms with Crippen LogP contribution in [0.3, 0.4) is 0 Å². The molecule has 3 aliphatic rings. The van der Waals surface area contributed by atoms with E-state index in [4.69, 9.17) is 9.84 Å². The lowest BCUT2D eigenvalue weighted by Gasteiger charge is -2.33. The van der Waals surface area contributed by atoms with Gasteiger partial charge < -0.3 is 25.4 Å². The fourth-order valence-electron chi connectivity index (χ4n) is 6.26. The first kappa shape index (κ1) is 23.7. The number of amides is 3. The first-order valence-electron chi connectivity index (χ1n) is 12.1. The standard InChI is InChI=1S/C25H35N3O5/c1-3-24-12-13-25(33-24)19(18(24)21(30)26-2)23(32)28(14-8-5-9-15-29)20(25)22(31)27-16-17-10-6-4-7-11-17/h4,6-7,10-11,18-20,29H,3,5,8-9,12-16H2,1-2H3,(H,26,30)(H,27,31)/t18-,19+,20?,24+,25?/m1/s1. The molecule has 180 valence electrons. The van der Waals surface area contributed by atoms with Crippen LogP contribution in [0, 0.1) is 11.8 Å². The Hall–Kier alpha value is -2.45. The summed E-state index contributed by atoms with van der Waals surface area (Å²) < 4.78 is 6.65. The molecule has 0 aliphatic carbocycles. The van der Waals surface area contributed by atoms with Crippen molar-refractivity contribution in [3.8, 4) is 0 Å². The molecule has 3 heterocycles. The molecule has 0 saturated carbocycles. The summed E-state index contributed by atoms with van der Waals surface area (Å²) in [5.41, 5.74) is -0.716. The van der Waals surface area contributed by atoms with Gasteiger partial charge in [0.2, 0.25) is 17.7 Å². The Morgan fingerprint density at radius 1 is 1.15 bits per heavy atom. The number of likely N-dealkylation sites (tertiary alicyclic amines) is 1. The topological polar surface area (TPSA) is 108 Å². The molecule has 4 rings (SSSR count). The van der Waals surface area contributed by atoms with Crippen molar-refractivity contribution in [2.45, 2.75) is 69.2 Å². The highest BCUT2D eigenvalue weighted by atomic mass is 16.5. The zero-order valence-electron chi connectivity index (χ0n) is 19.5. The molecule has 8 heteroatoms. The SMILES string of the molecule is CC[C@@]12CCC3(O1)C(C(=O)NCc1ccccc1)N(CCCCCO)C(=O)[C@@H]3[C@@H]2C(=O)NC. The Balaban J connectivity index is 1.64. The van der Waals surface area contributed by atoms with Crippen LogP contribution in [-0.2, 0) is 25.7 Å². The second-order valence-electron chi connectivity index (χ2n) is 9.47. The Morgan fingerprint density at radius 2 is 1.91 bits per heavy atom. The van der Waals surface area contributed by atoms with Crippen molar-refractivity contribution >= 4 is 17.7 Å². The van der Waals surface area contributed by atoms with Gasteiger partial charge in [-0.2, -0.15) is 0 Å². The highest BCUT2D eigenvalue weighted by molar-refractivity contribution is 5.99. The largest absolute Gasteiger partial charge is 0.396 e. The van der Waals surface area contributed by atoms with Gasteiger partial charge in [-0.3, -0.25) is 14.4 Å². The minimum atomic E-state index is -0.984. The maximum absolute atomic E-state index is 13.7. The molecule has 33 heavy (non-hydrogen) atoms. The Kier molecular flexibility index (Phi) is 6.77. The summed E-state index contributed by atoms with van der Waals surface area (Å²) in [6, 6.07) is 8.88. The second-order valence-corrected chi connectivity index (χ2v) is 9.47. The number of unbranched alkanes of at least 4 members (excludes halogenated alkanes) is 2. The average molecular weight is 458 g/mol. The zero-order valence-corrected chi connectivity index (χ0v) is 19.5. The van der Waals surface area contributed by atoms with E-state index in [1.165, 1.54) is 0 Å². The Morgan fingerprint density at radius 3 is 2.58 bits per heavy atom. The van der Waals surface area contributed by atoms with Crippen LogP contribution >= 0.6 is 0 Å². The summed E-state index contributed by atoms with van der Waals surface area (Å²) in [4.78, 5) is 41.9. The van der Waals surface area contributed by atoms with Crippen molar-refractivity contribution in [1.82, 2.24) is 15.5 Å². The van der Waals surface area contributed by atoms with Crippen LogP contribution in [0.1, 0.15) is 51.0 Å². The van der Waals surface area contributed by atoms with E-state index in [9.17, 15) is 14.4 Å². The first-order chi connectivity index (χ1) is 15.9. The molecule has 0 aromatic heterocycles. The number of benzene rings is 1. The van der Waals surface area contributed by atoms with Gasteiger partial charge in [0.1, 0.15) is 11.6 Å². The van der Waals surface area contributed by atoms with Gasteiger partial charge in [-0.05, 0) is 44.1 Å². The number of aliphatic hydroxyl groups is 1. The monoisotopic (exact) mass is 457 g/mol. The third kappa shape index (κ3) is 3.83. The number of aliphatic hydroxyl groups excluding tert-OH is 1. The molecule has 3 amide bonds. The van der Waals surface area contributed by atoms with Gasteiger partial charge in [0, 0.05) is 26.7 Å². The Labute approximate surface area is 195 Å². The fourth-order valence-corrected chi connectivity index (χ4v) is 6.26. The molecule has 0 radical (unpaired) electrons. The Bertz CT molecular complexity index is 893. The molecular formula is C25H35N3O5. The molecule has 3 N–H and O–H groups in total. The number of ether oxygens (including phenoxy) is 1. The number of hydrogen-bond donors (Lipinski definition) is 3. The number of carbonyl (C=O) groups excluding carboxylic acids is 3. The predicted octanol–water partition coefficient (Wildman–Crippen LogP) is 1.37. The fraction of sp³-hybridized carbons (Fsp3) is 0.640. The molecular weight excluding hydrogens is 422 g/mol. The van der Waals surface area contributed by atoms with Crippen LogP contribution in [0.2, 0.25) is 0 Å². The number of nitrogens with zero attached hydrogens (tertiary/aromatic N) is 1. The van der Waals surface area contributed by atoms with Crippen LogP contribution in [0.25, 0.3) is 0 Å². The number of carbonyl (C=O) groups is 3. The lowest BCUT2D eigenvalue weighted by molar-refractivity contribution is -0.147. The minimum absolute atomic E-state index is 0.0996. The summed E-state index contributed by atoms with van der Waals surface area (Å²) in [7, 11) is 1.58. The van der Waals surface area contributed by atoms with Gasteiger partial charge in [-0.1, -0.05) is 37.3 Å². The van der Waals surface area contributed by atoms with Crippen molar-refractivity contribution in [2.24, 2.45) is 11.8 Å². The normalized spacial score (nSPS) is 32.2. The highest BCUT2D eigenvalue weighted by Crippen LogP contribution is 2.64. The quantitative estimate of drug-likeness (QED) is 0.460. The number of fused-ring (bicyclic) bond motifs is 1. The lowest BCUT2D eigenvalue weighted by atomic mass is 9.65. The average Bonchev–Trinajstić information content (AvgIpc) is 3.44. The third-order valence-corrected chi connectivity index (χ3v) is 7.82. The summed E-state index contributed by atoms with van der Waals surface area (Å²) in [5.74, 6) is -1.84. The predicted molar refractivity (Wildman–Crippen MR) is 122 cm³/mol. The van der Waals surface area contributed by atoms with Gasteiger partial charge in [-0.15, -0.1) is 0 Å². The van der Waals surface area contributed by atoms with Crippen LogP contribution in [0.15, 0.2) is 30.3 Å². The van der Waals surface area contributed by atoms with Gasteiger partial charge in [0.05, 0.1) is 17.4 Å². The van der Waals surface area contributed by atoms with Crippen molar-refractivity contribution in [3.05, 3.63) is 35.9 Å². The molecule has 3 saturated heterocycles. The zero-order chi connectivity index (χ0) is 23.6. The van der Waals surface area contributed by atoms with E-state index in [-0.39, 0.29) is 24.3 Å². The minimum Gasteiger partial charge on any atom is -0.396 e. The molecule has 3 aliphatic heterocycles. The van der Waals surface area contributed by atoms with E-state index < -0.39 is 29.1 Å². The first-order valence-corrected chi connectivity index (χ1v) is 12.1. The van der Waals surface area contributed by atoms with Gasteiger partial charge in [-0.25, -0.2) is 0 Å². The van der Waals surface area contributed by atoms with Crippen LogP contribution in [0.5, 0.6) is 0 Å². The third-order valence-electron chi connectivity index (χ3n) is 7.82. The van der Waals surface area contributed by atoms with Crippen LogP contribution < -0.4 is 10.6 Å². The van der Waals surface area contributed by atoms with Crippen molar-refractivity contribution in [1.29, 1.82) is 0 Å². The maximum Gasteiger partial charge on any atom is 0.246 e. The molecule has 2 bridgehead atoms. The van der Waals surface area contributed by atoms with E-state index in [1.54, 1.807) is 11.9 Å². The molecule has 8 nitrogen and oxygen atoms in total. The van der Waals surface area contributed by atoms with E-state index in [0.717, 1.165) is 12.0 Å². The molecule has 3 fully saturated rings. The van der Waals surface area contributed by atoms with Crippen LogP contribution in [-0.4, -0.2) is 65.2 Å². The number of rotatable bonds is 10. The molecule has 5 atom stereocenters. The van der Waals surface area contributed by atoms with Crippen molar-refractivity contribution in [2.75, 3.05) is 20.2 Å². The van der Waals surface area contributed by atoms with Crippen LogP contribution in [0.4, 0.5) is 0 Å². The summed E-state index contributed by atoms with van der Waals surface area (Å²) in [6.07, 6.45) is 3.95. The molecule has 1 aromatic rings. The van der Waals surface area contributed by atoms with E-state index in [2.05, 4.69) is 10.6 Å². The summed E-state index contributed by atoms with van der Waals surface area (Å²) in [6.45, 7) is 2.85. The smallest absolute Gasteiger partial charge is 0.246 e. The highest BCUT2D eigenvalue weighted by Gasteiger charge is 2.78. The van der Waals surface area contributed by atoms with E-state index >= 15 is 0 Å². The summed E-state index contributed by atoms with van der Waals surface area (Å²) >= 11 is 0. The molecule has 1 aromatic carbocycles. The maximum atomic E-state index is 13.7. The van der Waals surface area contributed by atoms with Gasteiger partial charge >= 0.3 is 0 Å². The summed E-state index contributed by atoms with van der Waals surface area (Å²) in [5, 5.41) is 14.9. The molecule has 1 spiro atoms. The van der Waals surface area contributed by atoms with E-state index in [1.807, 2.05) is 37.3 Å². The van der Waals surface area contributed by atoms with Crippen molar-refractivity contribution < 1.29 is 24.2 Å². The number of hydrogen-bond acceptors (Lipinski definition) is 5. The molecule has 2 unspecified atom stereocenters. The van der Waals surface area contributed by atoms with E-state index in [0.29, 0.717) is 45.2 Å². The van der Waals surface area contributed by atoms with Gasteiger partial charge in [0.15, 0.2) is 0 Å². The van der Waals surface area contributed by atoms with Crippen molar-refractivity contribution in [3.63, 3.8) is 0 Å². The lowest BCUT2D eigenvalue weighted by Crippen LogP contribution is -2.55.